The number of carbonyl (C=O) groups is 1. The van der Waals surface area contributed by atoms with Gasteiger partial charge in [-0.15, -0.1) is 0 Å². The van der Waals surface area contributed by atoms with Crippen LogP contribution in [0.3, 0.4) is 0 Å². The SMILES string of the molecule is COc1cncc(N2CCc3nc(NC(=O)n4ccnc4)sc3C2)c1. The van der Waals surface area contributed by atoms with Gasteiger partial charge in [-0.05, 0) is 0 Å². The molecule has 0 aromatic carbocycles. The highest BCUT2D eigenvalue weighted by molar-refractivity contribution is 7.15. The van der Waals surface area contributed by atoms with Gasteiger partial charge < -0.3 is 9.64 Å². The Balaban J connectivity index is 1.50. The molecule has 0 saturated heterocycles. The maximum atomic E-state index is 12.1. The van der Waals surface area contributed by atoms with E-state index < -0.39 is 0 Å². The van der Waals surface area contributed by atoms with Crippen molar-refractivity contribution in [3.63, 3.8) is 0 Å². The summed E-state index contributed by atoms with van der Waals surface area (Å²) in [5, 5.41) is 3.42. The lowest BCUT2D eigenvalue weighted by molar-refractivity contribution is 0.253. The molecule has 0 aliphatic carbocycles. The van der Waals surface area contributed by atoms with Crippen LogP contribution in [0.1, 0.15) is 10.6 Å². The highest BCUT2D eigenvalue weighted by atomic mass is 32.1. The van der Waals surface area contributed by atoms with Gasteiger partial charge in [0, 0.05) is 36.3 Å². The maximum Gasteiger partial charge on any atom is 0.333 e. The zero-order valence-electron chi connectivity index (χ0n) is 13.5. The van der Waals surface area contributed by atoms with Crippen LogP contribution in [0.5, 0.6) is 5.75 Å². The quantitative estimate of drug-likeness (QED) is 0.776. The third-order valence-electron chi connectivity index (χ3n) is 3.98. The molecular formula is C16H16N6O2S. The van der Waals surface area contributed by atoms with Crippen LogP contribution in [0.25, 0.3) is 0 Å². The fourth-order valence-electron chi connectivity index (χ4n) is 2.70. The molecule has 0 unspecified atom stereocenters. The normalized spacial score (nSPS) is 13.4. The van der Waals surface area contributed by atoms with Gasteiger partial charge in [-0.3, -0.25) is 14.9 Å². The van der Waals surface area contributed by atoms with E-state index in [9.17, 15) is 4.79 Å². The predicted octanol–water partition coefficient (Wildman–Crippen LogP) is 2.39. The Morgan fingerprint density at radius 2 is 2.28 bits per heavy atom. The summed E-state index contributed by atoms with van der Waals surface area (Å²) in [6.45, 7) is 1.59. The van der Waals surface area contributed by atoms with Gasteiger partial charge in [0.15, 0.2) is 5.13 Å². The highest BCUT2D eigenvalue weighted by Crippen LogP contribution is 2.31. The molecule has 3 aromatic heterocycles. The first-order valence-electron chi connectivity index (χ1n) is 7.75. The van der Waals surface area contributed by atoms with Gasteiger partial charge in [0.1, 0.15) is 12.1 Å². The highest BCUT2D eigenvalue weighted by Gasteiger charge is 2.22. The second-order valence-electron chi connectivity index (χ2n) is 5.54. The third kappa shape index (κ3) is 3.18. The van der Waals surface area contributed by atoms with Crippen molar-refractivity contribution < 1.29 is 9.53 Å². The van der Waals surface area contributed by atoms with Crippen LogP contribution in [0.2, 0.25) is 0 Å². The van der Waals surface area contributed by atoms with Crippen molar-refractivity contribution >= 4 is 28.2 Å². The van der Waals surface area contributed by atoms with E-state index in [0.717, 1.165) is 41.5 Å². The summed E-state index contributed by atoms with van der Waals surface area (Å²) in [5.74, 6) is 0.737. The second-order valence-corrected chi connectivity index (χ2v) is 6.63. The number of imidazole rings is 1. The molecule has 0 bridgehead atoms. The number of thiazole rings is 1. The van der Waals surface area contributed by atoms with Gasteiger partial charge in [0.2, 0.25) is 0 Å². The molecule has 0 fully saturated rings. The number of hydrogen-bond acceptors (Lipinski definition) is 7. The Bertz CT molecular complexity index is 892. The van der Waals surface area contributed by atoms with Crippen LogP contribution in [0, 0.1) is 0 Å². The molecule has 0 atom stereocenters. The van der Waals surface area contributed by atoms with E-state index in [0.29, 0.717) is 5.13 Å². The van der Waals surface area contributed by atoms with Crippen molar-refractivity contribution in [2.45, 2.75) is 13.0 Å². The number of fused-ring (bicyclic) bond motifs is 1. The molecular weight excluding hydrogens is 340 g/mol. The van der Waals surface area contributed by atoms with Gasteiger partial charge >= 0.3 is 6.03 Å². The summed E-state index contributed by atoms with van der Waals surface area (Å²) >= 11 is 1.50. The number of rotatable bonds is 3. The fourth-order valence-corrected chi connectivity index (χ4v) is 3.71. The van der Waals surface area contributed by atoms with Gasteiger partial charge in [-0.25, -0.2) is 14.8 Å². The summed E-state index contributed by atoms with van der Waals surface area (Å²) in [6, 6.07) is 1.71. The third-order valence-corrected chi connectivity index (χ3v) is 4.98. The average molecular weight is 356 g/mol. The first-order valence-corrected chi connectivity index (χ1v) is 8.56. The number of carbonyl (C=O) groups excluding carboxylic acids is 1. The predicted molar refractivity (Wildman–Crippen MR) is 94.3 cm³/mol. The molecule has 4 heterocycles. The van der Waals surface area contributed by atoms with Gasteiger partial charge in [0.25, 0.3) is 0 Å². The van der Waals surface area contributed by atoms with E-state index >= 15 is 0 Å². The fraction of sp³-hybridized carbons (Fsp3) is 0.250. The number of hydrogen-bond donors (Lipinski definition) is 1. The summed E-state index contributed by atoms with van der Waals surface area (Å²) in [5.41, 5.74) is 2.06. The summed E-state index contributed by atoms with van der Waals surface area (Å²) < 4.78 is 6.63. The van der Waals surface area contributed by atoms with Gasteiger partial charge in [0.05, 0.1) is 37.4 Å². The summed E-state index contributed by atoms with van der Waals surface area (Å²) in [7, 11) is 1.63. The molecule has 9 heteroatoms. The van der Waals surface area contributed by atoms with Crippen molar-refractivity contribution in [1.29, 1.82) is 0 Å². The Morgan fingerprint density at radius 1 is 1.36 bits per heavy atom. The monoisotopic (exact) mass is 356 g/mol. The molecule has 4 rings (SSSR count). The van der Waals surface area contributed by atoms with E-state index in [1.807, 2.05) is 12.3 Å². The average Bonchev–Trinajstić information content (AvgIpc) is 3.30. The van der Waals surface area contributed by atoms with Crippen molar-refractivity contribution in [3.8, 4) is 5.75 Å². The van der Waals surface area contributed by atoms with Crippen molar-refractivity contribution in [2.24, 2.45) is 0 Å². The first kappa shape index (κ1) is 15.6. The van der Waals surface area contributed by atoms with Crippen LogP contribution in [-0.4, -0.2) is 39.2 Å². The number of methoxy groups -OCH3 is 1. The molecule has 128 valence electrons. The van der Waals surface area contributed by atoms with Crippen LogP contribution >= 0.6 is 11.3 Å². The number of anilines is 2. The minimum absolute atomic E-state index is 0.266. The molecule has 1 aliphatic heterocycles. The molecule has 25 heavy (non-hydrogen) atoms. The van der Waals surface area contributed by atoms with Gasteiger partial charge in [-0.1, -0.05) is 11.3 Å². The number of aromatic nitrogens is 4. The molecule has 3 aromatic rings. The molecule has 0 saturated carbocycles. The Morgan fingerprint density at radius 3 is 3.08 bits per heavy atom. The first-order chi connectivity index (χ1) is 12.2. The second kappa shape index (κ2) is 6.52. The van der Waals surface area contributed by atoms with E-state index in [4.69, 9.17) is 4.74 Å². The van der Waals surface area contributed by atoms with E-state index in [1.54, 1.807) is 25.7 Å². The largest absolute Gasteiger partial charge is 0.495 e. The Labute approximate surface area is 148 Å². The van der Waals surface area contributed by atoms with Crippen LogP contribution in [0.4, 0.5) is 15.6 Å². The van der Waals surface area contributed by atoms with E-state index in [-0.39, 0.29) is 6.03 Å². The minimum Gasteiger partial charge on any atom is -0.495 e. The van der Waals surface area contributed by atoms with Gasteiger partial charge in [-0.2, -0.15) is 0 Å². The van der Waals surface area contributed by atoms with Crippen LogP contribution < -0.4 is 15.0 Å². The lowest BCUT2D eigenvalue weighted by atomic mass is 10.1. The maximum absolute atomic E-state index is 12.1. The number of nitrogens with one attached hydrogen (secondary N) is 1. The number of amides is 1. The molecule has 1 amide bonds. The van der Waals surface area contributed by atoms with E-state index in [1.165, 1.54) is 22.2 Å². The summed E-state index contributed by atoms with van der Waals surface area (Å²) in [6.07, 6.45) is 8.96. The number of ether oxygens (including phenoxy) is 1. The smallest absolute Gasteiger partial charge is 0.333 e. The lowest BCUT2D eigenvalue weighted by Gasteiger charge is -2.27. The summed E-state index contributed by atoms with van der Waals surface area (Å²) in [4.78, 5) is 28.1. The zero-order chi connectivity index (χ0) is 17.2. The Kier molecular flexibility index (Phi) is 4.06. The standard InChI is InChI=1S/C16H16N6O2S/c1-24-12-6-11(7-18-8-12)21-4-2-13-14(9-21)25-15(19-13)20-16(23)22-5-3-17-10-22/h3,5-8,10H,2,4,9H2,1H3,(H,19,20,23). The minimum atomic E-state index is -0.266. The Hall–Kier alpha value is -2.94. The van der Waals surface area contributed by atoms with E-state index in [2.05, 4.69) is 25.2 Å². The number of nitrogens with zero attached hydrogens (tertiary/aromatic N) is 5. The molecule has 1 aliphatic rings. The molecule has 0 radical (unpaired) electrons. The molecule has 0 spiro atoms. The van der Waals surface area contributed by atoms with Crippen molar-refractivity contribution in [3.05, 3.63) is 47.8 Å². The number of pyridine rings is 1. The topological polar surface area (TPSA) is 85.2 Å². The van der Waals surface area contributed by atoms with Crippen molar-refractivity contribution in [1.82, 2.24) is 19.5 Å². The lowest BCUT2D eigenvalue weighted by Crippen LogP contribution is -2.29. The molecule has 8 nitrogen and oxygen atoms in total. The van der Waals surface area contributed by atoms with Crippen LogP contribution in [0.15, 0.2) is 37.2 Å². The molecule has 1 N–H and O–H groups in total. The van der Waals surface area contributed by atoms with Crippen molar-refractivity contribution in [2.75, 3.05) is 23.9 Å². The van der Waals surface area contributed by atoms with Crippen LogP contribution in [-0.2, 0) is 13.0 Å². The zero-order valence-corrected chi connectivity index (χ0v) is 14.4.